The van der Waals surface area contributed by atoms with Crippen molar-refractivity contribution in [1.82, 2.24) is 24.3 Å². The topological polar surface area (TPSA) is 60.6 Å². The molecular weight excluding hydrogens is 264 g/mol. The molecule has 3 rings (SSSR count). The molecule has 0 radical (unpaired) electrons. The van der Waals surface area contributed by atoms with Crippen molar-refractivity contribution in [3.8, 4) is 0 Å². The van der Waals surface area contributed by atoms with E-state index in [1.165, 1.54) is 0 Å². The molecule has 0 saturated carbocycles. The first-order valence-corrected chi connectivity index (χ1v) is 7.19. The Kier molecular flexibility index (Phi) is 3.60. The van der Waals surface area contributed by atoms with Gasteiger partial charge in [0, 0.05) is 38.4 Å². The summed E-state index contributed by atoms with van der Waals surface area (Å²) in [5.74, 6) is 1.99. The number of aryl methyl sites for hydroxylation is 1. The molecule has 0 amide bonds. The van der Waals surface area contributed by atoms with Crippen molar-refractivity contribution in [2.24, 2.45) is 7.05 Å². The van der Waals surface area contributed by atoms with Gasteiger partial charge in [-0.25, -0.2) is 9.97 Å². The number of nitrogens with zero attached hydrogens (tertiary/aromatic N) is 5. The summed E-state index contributed by atoms with van der Waals surface area (Å²) in [5, 5.41) is 8.66. The zero-order valence-corrected chi connectivity index (χ0v) is 12.6. The van der Waals surface area contributed by atoms with Crippen LogP contribution in [-0.2, 0) is 13.6 Å². The van der Waals surface area contributed by atoms with Gasteiger partial charge in [-0.1, -0.05) is 13.8 Å². The van der Waals surface area contributed by atoms with Crippen LogP contribution in [0.15, 0.2) is 30.7 Å². The van der Waals surface area contributed by atoms with E-state index in [9.17, 15) is 0 Å². The summed E-state index contributed by atoms with van der Waals surface area (Å²) in [6.07, 6.45) is 5.93. The zero-order valence-electron chi connectivity index (χ0n) is 12.6. The number of anilines is 1. The number of hydrogen-bond donors (Lipinski definition) is 1. The molecule has 0 unspecified atom stereocenters. The standard InChI is InChI=1S/C15H20N6/c1-11(2)13-18-14(12-10-17-20(3)15(12)19-13)16-6-9-21-7-4-5-8-21/h4-5,7-8,10-11H,6,9H2,1-3H3,(H,16,18,19). The van der Waals surface area contributed by atoms with Gasteiger partial charge in [-0.2, -0.15) is 5.10 Å². The SMILES string of the molecule is CC(C)c1nc(NCCn2cccc2)c2cnn(C)c2n1. The van der Waals surface area contributed by atoms with E-state index in [4.69, 9.17) is 0 Å². The van der Waals surface area contributed by atoms with Gasteiger partial charge in [0.15, 0.2) is 5.65 Å². The molecule has 0 aliphatic rings. The van der Waals surface area contributed by atoms with E-state index in [1.54, 1.807) is 4.68 Å². The van der Waals surface area contributed by atoms with Gasteiger partial charge in [-0.3, -0.25) is 4.68 Å². The Bertz CT molecular complexity index is 726. The van der Waals surface area contributed by atoms with Crippen molar-refractivity contribution in [3.63, 3.8) is 0 Å². The monoisotopic (exact) mass is 284 g/mol. The molecule has 3 heterocycles. The fourth-order valence-electron chi connectivity index (χ4n) is 2.25. The van der Waals surface area contributed by atoms with Crippen LogP contribution in [0.25, 0.3) is 11.0 Å². The van der Waals surface area contributed by atoms with Crippen LogP contribution < -0.4 is 5.32 Å². The van der Waals surface area contributed by atoms with Gasteiger partial charge in [0.05, 0.1) is 11.6 Å². The smallest absolute Gasteiger partial charge is 0.163 e. The number of nitrogens with one attached hydrogen (secondary N) is 1. The third-order valence-corrected chi connectivity index (χ3v) is 3.45. The average molecular weight is 284 g/mol. The molecule has 0 saturated heterocycles. The highest BCUT2D eigenvalue weighted by Crippen LogP contribution is 2.22. The van der Waals surface area contributed by atoms with Crippen LogP contribution in [0.4, 0.5) is 5.82 Å². The van der Waals surface area contributed by atoms with E-state index < -0.39 is 0 Å². The molecule has 0 aromatic carbocycles. The highest BCUT2D eigenvalue weighted by molar-refractivity contribution is 5.86. The second kappa shape index (κ2) is 5.55. The van der Waals surface area contributed by atoms with E-state index in [-0.39, 0.29) is 5.92 Å². The lowest BCUT2D eigenvalue weighted by Crippen LogP contribution is -2.12. The summed E-state index contributed by atoms with van der Waals surface area (Å²) in [6, 6.07) is 4.06. The normalized spacial score (nSPS) is 11.4. The van der Waals surface area contributed by atoms with Gasteiger partial charge < -0.3 is 9.88 Å². The third-order valence-electron chi connectivity index (χ3n) is 3.45. The lowest BCUT2D eigenvalue weighted by atomic mass is 10.2. The Morgan fingerprint density at radius 3 is 2.67 bits per heavy atom. The van der Waals surface area contributed by atoms with E-state index >= 15 is 0 Å². The summed E-state index contributed by atoms with van der Waals surface area (Å²) in [5.41, 5.74) is 0.872. The molecule has 110 valence electrons. The predicted octanol–water partition coefficient (Wildman–Crippen LogP) is 2.40. The lowest BCUT2D eigenvalue weighted by Gasteiger charge is -2.11. The molecule has 0 aliphatic heterocycles. The number of aromatic nitrogens is 5. The first-order chi connectivity index (χ1) is 10.1. The fraction of sp³-hybridized carbons (Fsp3) is 0.400. The van der Waals surface area contributed by atoms with Crippen LogP contribution in [-0.4, -0.2) is 30.9 Å². The van der Waals surface area contributed by atoms with Crippen LogP contribution in [0, 0.1) is 0 Å². The molecule has 6 heteroatoms. The quantitative estimate of drug-likeness (QED) is 0.781. The highest BCUT2D eigenvalue weighted by Gasteiger charge is 2.13. The average Bonchev–Trinajstić information content (AvgIpc) is 3.09. The molecule has 0 bridgehead atoms. The van der Waals surface area contributed by atoms with Gasteiger partial charge >= 0.3 is 0 Å². The Morgan fingerprint density at radius 1 is 1.19 bits per heavy atom. The Morgan fingerprint density at radius 2 is 1.95 bits per heavy atom. The molecule has 21 heavy (non-hydrogen) atoms. The van der Waals surface area contributed by atoms with Crippen LogP contribution >= 0.6 is 0 Å². The van der Waals surface area contributed by atoms with Crippen molar-refractivity contribution < 1.29 is 0 Å². The fourth-order valence-corrected chi connectivity index (χ4v) is 2.25. The van der Waals surface area contributed by atoms with E-state index in [2.05, 4.69) is 51.2 Å². The minimum Gasteiger partial charge on any atom is -0.368 e. The first kappa shape index (κ1) is 13.6. The second-order valence-electron chi connectivity index (χ2n) is 5.44. The van der Waals surface area contributed by atoms with Crippen LogP contribution in [0.5, 0.6) is 0 Å². The van der Waals surface area contributed by atoms with Gasteiger partial charge in [0.2, 0.25) is 0 Å². The molecule has 0 fully saturated rings. The number of rotatable bonds is 5. The Balaban J connectivity index is 1.85. The predicted molar refractivity (Wildman–Crippen MR) is 83.3 cm³/mol. The van der Waals surface area contributed by atoms with Crippen molar-refractivity contribution in [2.75, 3.05) is 11.9 Å². The summed E-state index contributed by atoms with van der Waals surface area (Å²) in [6.45, 7) is 5.91. The van der Waals surface area contributed by atoms with Gasteiger partial charge in [0.1, 0.15) is 11.6 Å². The molecule has 3 aromatic heterocycles. The maximum atomic E-state index is 4.65. The minimum absolute atomic E-state index is 0.286. The molecule has 3 aromatic rings. The molecular formula is C15H20N6. The maximum Gasteiger partial charge on any atom is 0.163 e. The van der Waals surface area contributed by atoms with E-state index in [0.717, 1.165) is 35.8 Å². The van der Waals surface area contributed by atoms with Gasteiger partial charge in [-0.15, -0.1) is 0 Å². The van der Waals surface area contributed by atoms with Crippen molar-refractivity contribution in [3.05, 3.63) is 36.5 Å². The molecule has 6 nitrogen and oxygen atoms in total. The van der Waals surface area contributed by atoms with E-state index in [0.29, 0.717) is 0 Å². The van der Waals surface area contributed by atoms with Crippen LogP contribution in [0.1, 0.15) is 25.6 Å². The van der Waals surface area contributed by atoms with Gasteiger partial charge in [0.25, 0.3) is 0 Å². The van der Waals surface area contributed by atoms with Crippen molar-refractivity contribution >= 4 is 16.9 Å². The van der Waals surface area contributed by atoms with E-state index in [1.807, 2.05) is 25.4 Å². The third kappa shape index (κ3) is 2.74. The molecule has 0 atom stereocenters. The zero-order chi connectivity index (χ0) is 14.8. The summed E-state index contributed by atoms with van der Waals surface area (Å²) >= 11 is 0. The first-order valence-electron chi connectivity index (χ1n) is 7.19. The second-order valence-corrected chi connectivity index (χ2v) is 5.44. The maximum absolute atomic E-state index is 4.65. The molecule has 1 N–H and O–H groups in total. The van der Waals surface area contributed by atoms with Crippen LogP contribution in [0.2, 0.25) is 0 Å². The summed E-state index contributed by atoms with van der Waals surface area (Å²) in [7, 11) is 1.91. The Labute approximate surface area is 123 Å². The largest absolute Gasteiger partial charge is 0.368 e. The number of fused-ring (bicyclic) bond motifs is 1. The van der Waals surface area contributed by atoms with Crippen molar-refractivity contribution in [1.29, 1.82) is 0 Å². The summed E-state index contributed by atoms with van der Waals surface area (Å²) < 4.78 is 3.93. The molecule has 0 spiro atoms. The summed E-state index contributed by atoms with van der Waals surface area (Å²) in [4.78, 5) is 9.24. The van der Waals surface area contributed by atoms with Crippen molar-refractivity contribution in [2.45, 2.75) is 26.3 Å². The van der Waals surface area contributed by atoms with Gasteiger partial charge in [-0.05, 0) is 12.1 Å². The molecule has 0 aliphatic carbocycles. The highest BCUT2D eigenvalue weighted by atomic mass is 15.3. The minimum atomic E-state index is 0.286. The lowest BCUT2D eigenvalue weighted by molar-refractivity contribution is 0.726. The Hall–Kier alpha value is -2.37. The number of hydrogen-bond acceptors (Lipinski definition) is 4. The van der Waals surface area contributed by atoms with Crippen LogP contribution in [0.3, 0.4) is 0 Å².